The number of carbonyl (C=O) groups excluding carboxylic acids is 2. The molecular formula is C22H13Cl3N2O8P2. The molecule has 0 radical (unpaired) electrons. The highest BCUT2D eigenvalue weighted by Gasteiger charge is 2.34. The molecule has 1 aliphatic rings. The zero-order valence-electron chi connectivity index (χ0n) is 18.0. The van der Waals surface area contributed by atoms with Gasteiger partial charge in [-0.05, 0) is 42.5 Å². The number of benzene rings is 2. The van der Waals surface area contributed by atoms with Crippen molar-refractivity contribution in [3.8, 4) is 23.1 Å². The number of fused-ring (bicyclic) bond motifs is 4. The molecule has 0 atom stereocenters. The maximum Gasteiger partial charge on any atom is 0.224 e. The van der Waals surface area contributed by atoms with Crippen molar-refractivity contribution >= 4 is 73.7 Å². The Hall–Kier alpha value is -2.49. The van der Waals surface area contributed by atoms with E-state index in [0.717, 1.165) is 10.6 Å². The molecule has 3 heterocycles. The number of hydrogen-bond acceptors (Lipinski definition) is 8. The molecular weight excluding hydrogens is 589 g/mol. The average molecular weight is 602 g/mol. The number of aromatic hydroxyl groups is 1. The summed E-state index contributed by atoms with van der Waals surface area (Å²) in [7, 11) is -5.02. The van der Waals surface area contributed by atoms with Crippen molar-refractivity contribution in [2.24, 2.45) is 0 Å². The highest BCUT2D eigenvalue weighted by molar-refractivity contribution is 7.54. The summed E-state index contributed by atoms with van der Waals surface area (Å²) in [6.07, 6.45) is 0. The lowest BCUT2D eigenvalue weighted by Gasteiger charge is -2.20. The number of halogens is 3. The van der Waals surface area contributed by atoms with E-state index in [0.29, 0.717) is 0 Å². The topological polar surface area (TPSA) is 165 Å². The highest BCUT2D eigenvalue weighted by Crippen LogP contribution is 2.45. The smallest absolute Gasteiger partial charge is 0.224 e. The van der Waals surface area contributed by atoms with Gasteiger partial charge in [0, 0.05) is 10.6 Å². The number of nitrogens with zero attached hydrogens (tertiary/aromatic N) is 1. The van der Waals surface area contributed by atoms with Crippen LogP contribution in [0.5, 0.6) is 17.4 Å². The Morgan fingerprint density at radius 3 is 2.24 bits per heavy atom. The molecule has 6 N–H and O–H groups in total. The maximum atomic E-state index is 13.6. The summed E-state index contributed by atoms with van der Waals surface area (Å²) in [6, 6.07) is 8.71. The van der Waals surface area contributed by atoms with Gasteiger partial charge in [-0.2, -0.15) is 0 Å². The molecule has 5 rings (SSSR count). The summed E-state index contributed by atoms with van der Waals surface area (Å²) in [4.78, 5) is 67.9. The third-order valence-electron chi connectivity index (χ3n) is 5.57. The molecule has 0 fully saturated rings. The molecule has 2 aromatic heterocycles. The second-order valence-electron chi connectivity index (χ2n) is 7.72. The standard InChI is InChI=1S/C22H13Cl3N2O8P2/c23-12-7-13(19(29)10-3-1-8(36(31)32)5-14(10)28)27-18-16(24)21(25)26-17(18)20(30)11-4-2-9(37(33)34)6-15(11)35-22(12)27/h1-7,26,28,31-34H. The quantitative estimate of drug-likeness (QED) is 0.133. The van der Waals surface area contributed by atoms with Crippen molar-refractivity contribution in [3.05, 3.63) is 80.2 Å². The van der Waals surface area contributed by atoms with Crippen LogP contribution in [0.4, 0.5) is 0 Å². The first-order chi connectivity index (χ1) is 17.5. The van der Waals surface area contributed by atoms with Crippen molar-refractivity contribution in [2.75, 3.05) is 0 Å². The second kappa shape index (κ2) is 9.67. The van der Waals surface area contributed by atoms with Crippen LogP contribution in [0.1, 0.15) is 32.1 Å². The molecule has 4 aromatic rings. The van der Waals surface area contributed by atoms with E-state index in [2.05, 4.69) is 4.98 Å². The zero-order chi connectivity index (χ0) is 26.8. The van der Waals surface area contributed by atoms with Crippen LogP contribution in [0.15, 0.2) is 42.5 Å². The zero-order valence-corrected chi connectivity index (χ0v) is 22.0. The van der Waals surface area contributed by atoms with Gasteiger partial charge in [0.2, 0.25) is 17.4 Å². The number of hydrogen-bond donors (Lipinski definition) is 6. The number of aromatic nitrogens is 2. The van der Waals surface area contributed by atoms with E-state index in [9.17, 15) is 34.3 Å². The first-order valence-corrected chi connectivity index (χ1v) is 13.7. The molecule has 37 heavy (non-hydrogen) atoms. The summed E-state index contributed by atoms with van der Waals surface area (Å²) >= 11 is 19.1. The Morgan fingerprint density at radius 1 is 0.946 bits per heavy atom. The fourth-order valence-electron chi connectivity index (χ4n) is 3.88. The normalized spacial score (nSPS) is 12.6. The number of aromatic amines is 1. The number of rotatable bonds is 4. The van der Waals surface area contributed by atoms with Crippen molar-refractivity contribution in [1.82, 2.24) is 9.55 Å². The van der Waals surface area contributed by atoms with Gasteiger partial charge in [-0.3, -0.25) is 14.2 Å². The van der Waals surface area contributed by atoms with Crippen LogP contribution in [0.25, 0.3) is 5.69 Å². The van der Waals surface area contributed by atoms with Crippen LogP contribution in [-0.4, -0.2) is 45.8 Å². The first kappa shape index (κ1) is 26.1. The summed E-state index contributed by atoms with van der Waals surface area (Å²) in [5.41, 5.74) is -0.481. The minimum Gasteiger partial charge on any atom is -0.507 e. The van der Waals surface area contributed by atoms with Crippen LogP contribution < -0.4 is 15.3 Å². The SMILES string of the molecule is O=C1c2ccc(P(O)O)cc2Oc2c(Cl)cc(C(=O)c3ccc(P(O)O)cc3O)n2-c2c1[nH]c(Cl)c2Cl. The fraction of sp³-hybridized carbons (Fsp3) is 0. The van der Waals surface area contributed by atoms with Crippen LogP contribution in [0.2, 0.25) is 15.2 Å². The van der Waals surface area contributed by atoms with E-state index in [1.54, 1.807) is 0 Å². The van der Waals surface area contributed by atoms with Gasteiger partial charge in [0.25, 0.3) is 0 Å². The summed E-state index contributed by atoms with van der Waals surface area (Å²) in [5, 5.41) is 10.3. The number of ether oxygens (including phenoxy) is 1. The number of phenolic OH excluding ortho intramolecular Hbond substituents is 1. The van der Waals surface area contributed by atoms with E-state index >= 15 is 0 Å². The van der Waals surface area contributed by atoms with Crippen LogP contribution in [0, 0.1) is 0 Å². The van der Waals surface area contributed by atoms with Crippen LogP contribution in [0.3, 0.4) is 0 Å². The van der Waals surface area contributed by atoms with Gasteiger partial charge in [-0.1, -0.05) is 34.8 Å². The molecule has 0 saturated heterocycles. The van der Waals surface area contributed by atoms with E-state index in [1.165, 1.54) is 36.4 Å². The monoisotopic (exact) mass is 600 g/mol. The minimum absolute atomic E-state index is 0.0179. The van der Waals surface area contributed by atoms with E-state index in [-0.39, 0.29) is 65.6 Å². The number of phenols is 1. The second-order valence-corrected chi connectivity index (χ2v) is 11.1. The Kier molecular flexibility index (Phi) is 6.83. The van der Waals surface area contributed by atoms with Crippen molar-refractivity contribution in [3.63, 3.8) is 0 Å². The average Bonchev–Trinajstić information content (AvgIpc) is 3.32. The Bertz CT molecular complexity index is 1620. The molecule has 15 heteroatoms. The van der Waals surface area contributed by atoms with E-state index in [1.807, 2.05) is 0 Å². The van der Waals surface area contributed by atoms with Gasteiger partial charge in [-0.25, -0.2) is 0 Å². The molecule has 0 aliphatic carbocycles. The van der Waals surface area contributed by atoms with Crippen molar-refractivity contribution < 1.29 is 39.0 Å². The summed E-state index contributed by atoms with van der Waals surface area (Å²) in [6.45, 7) is 0. The van der Waals surface area contributed by atoms with Crippen molar-refractivity contribution in [1.29, 1.82) is 0 Å². The summed E-state index contributed by atoms with van der Waals surface area (Å²) < 4.78 is 7.11. The Labute approximate surface area is 225 Å². The van der Waals surface area contributed by atoms with Crippen LogP contribution in [-0.2, 0) is 0 Å². The molecule has 1 aliphatic heterocycles. The van der Waals surface area contributed by atoms with E-state index < -0.39 is 34.1 Å². The van der Waals surface area contributed by atoms with Gasteiger partial charge in [0.1, 0.15) is 32.4 Å². The molecule has 0 saturated carbocycles. The van der Waals surface area contributed by atoms with Gasteiger partial charge in [0.15, 0.2) is 16.8 Å². The van der Waals surface area contributed by atoms with E-state index in [4.69, 9.17) is 39.5 Å². The van der Waals surface area contributed by atoms with Gasteiger partial charge < -0.3 is 34.4 Å². The van der Waals surface area contributed by atoms with Crippen LogP contribution >= 0.6 is 51.6 Å². The maximum absolute atomic E-state index is 13.6. The lowest BCUT2D eigenvalue weighted by Crippen LogP contribution is -2.17. The van der Waals surface area contributed by atoms with Crippen molar-refractivity contribution in [2.45, 2.75) is 0 Å². The number of H-pyrrole nitrogens is 1. The highest BCUT2D eigenvalue weighted by atomic mass is 35.5. The van der Waals surface area contributed by atoms with Gasteiger partial charge in [0.05, 0.1) is 22.5 Å². The molecule has 0 spiro atoms. The third-order valence-corrected chi connectivity index (χ3v) is 8.07. The molecule has 0 unspecified atom stereocenters. The fourth-order valence-corrected chi connectivity index (χ4v) is 5.40. The largest absolute Gasteiger partial charge is 0.507 e. The van der Waals surface area contributed by atoms with Gasteiger partial charge in [-0.15, -0.1) is 0 Å². The lowest BCUT2D eigenvalue weighted by molar-refractivity contribution is 0.101. The molecule has 2 aromatic carbocycles. The molecule has 0 bridgehead atoms. The Balaban J connectivity index is 1.78. The number of nitrogens with one attached hydrogen (secondary N) is 1. The molecule has 0 amide bonds. The van der Waals surface area contributed by atoms with Gasteiger partial charge >= 0.3 is 0 Å². The summed E-state index contributed by atoms with van der Waals surface area (Å²) in [5.74, 6) is -2.12. The Morgan fingerprint density at radius 2 is 1.59 bits per heavy atom. The molecule has 10 nitrogen and oxygen atoms in total. The predicted octanol–water partition coefficient (Wildman–Crippen LogP) is 3.88. The number of carbonyl (C=O) groups is 2. The lowest BCUT2D eigenvalue weighted by atomic mass is 10.0. The number of ketones is 2. The minimum atomic E-state index is -2.51. The third kappa shape index (κ3) is 4.34. The first-order valence-electron chi connectivity index (χ1n) is 10.1. The molecule has 190 valence electrons. The predicted molar refractivity (Wildman–Crippen MR) is 139 cm³/mol.